The number of aliphatic carboxylic acids is 1. The van der Waals surface area contributed by atoms with E-state index in [1.54, 1.807) is 4.90 Å². The van der Waals surface area contributed by atoms with E-state index in [1.807, 2.05) is 32.0 Å². The number of nitrogens with zero attached hydrogens (tertiary/aromatic N) is 1. The molecule has 4 heteroatoms. The number of hydrogen-bond acceptors (Lipinski definition) is 2. The summed E-state index contributed by atoms with van der Waals surface area (Å²) in [6.45, 7) is 4.66. The highest BCUT2D eigenvalue weighted by Gasteiger charge is 2.37. The lowest BCUT2D eigenvalue weighted by molar-refractivity contribution is -0.144. The molecule has 0 saturated carbocycles. The van der Waals surface area contributed by atoms with Crippen LogP contribution in [0, 0.1) is 5.41 Å². The third kappa shape index (κ3) is 4.81. The van der Waals surface area contributed by atoms with Gasteiger partial charge in [0, 0.05) is 18.0 Å². The van der Waals surface area contributed by atoms with E-state index >= 15 is 0 Å². The summed E-state index contributed by atoms with van der Waals surface area (Å²) in [5, 5.41) is 9.01. The summed E-state index contributed by atoms with van der Waals surface area (Å²) in [7, 11) is 0. The number of carbonyl (C=O) groups excluding carboxylic acids is 1. The van der Waals surface area contributed by atoms with Crippen LogP contribution in [0.15, 0.2) is 30.3 Å². The summed E-state index contributed by atoms with van der Waals surface area (Å²) in [4.78, 5) is 25.6. The molecule has 0 aliphatic carbocycles. The third-order valence-electron chi connectivity index (χ3n) is 4.74. The first-order chi connectivity index (χ1) is 10.9. The van der Waals surface area contributed by atoms with Gasteiger partial charge in [0.2, 0.25) is 5.91 Å². The number of carboxylic acids is 1. The van der Waals surface area contributed by atoms with Gasteiger partial charge >= 0.3 is 5.97 Å². The molecule has 1 fully saturated rings. The Morgan fingerprint density at radius 2 is 1.96 bits per heavy atom. The standard InChI is InChI=1S/C19H27NO3/c1-19(2,12-6-10-15-8-4-3-5-9-15)18(23)20-13-7-11-16(20)14-17(21)22/h3-5,8-9,16H,6-7,10-14H2,1-2H3,(H,21,22). The van der Waals surface area contributed by atoms with Crippen molar-refractivity contribution < 1.29 is 14.7 Å². The van der Waals surface area contributed by atoms with Gasteiger partial charge in [-0.1, -0.05) is 44.2 Å². The van der Waals surface area contributed by atoms with E-state index in [4.69, 9.17) is 5.11 Å². The zero-order valence-corrected chi connectivity index (χ0v) is 14.1. The summed E-state index contributed by atoms with van der Waals surface area (Å²) in [6, 6.07) is 10.2. The predicted octanol–water partition coefficient (Wildman–Crippen LogP) is 3.50. The average Bonchev–Trinajstić information content (AvgIpc) is 2.94. The number of rotatable bonds is 7. The Morgan fingerprint density at radius 3 is 2.61 bits per heavy atom. The van der Waals surface area contributed by atoms with Gasteiger partial charge in [-0.2, -0.15) is 0 Å². The minimum Gasteiger partial charge on any atom is -0.481 e. The van der Waals surface area contributed by atoms with Crippen LogP contribution >= 0.6 is 0 Å². The molecule has 1 N–H and O–H groups in total. The fourth-order valence-electron chi connectivity index (χ4n) is 3.39. The van der Waals surface area contributed by atoms with Gasteiger partial charge in [-0.15, -0.1) is 0 Å². The predicted molar refractivity (Wildman–Crippen MR) is 90.1 cm³/mol. The Morgan fingerprint density at radius 1 is 1.26 bits per heavy atom. The third-order valence-corrected chi connectivity index (χ3v) is 4.74. The van der Waals surface area contributed by atoms with Gasteiger partial charge in [-0.3, -0.25) is 9.59 Å². The maximum atomic E-state index is 12.8. The molecule has 1 unspecified atom stereocenters. The van der Waals surface area contributed by atoms with E-state index in [9.17, 15) is 9.59 Å². The fraction of sp³-hybridized carbons (Fsp3) is 0.579. The second-order valence-corrected chi connectivity index (χ2v) is 7.12. The highest BCUT2D eigenvalue weighted by molar-refractivity contribution is 5.83. The van der Waals surface area contributed by atoms with Crippen molar-refractivity contribution in [1.82, 2.24) is 4.90 Å². The zero-order valence-electron chi connectivity index (χ0n) is 14.1. The van der Waals surface area contributed by atoms with Gasteiger partial charge in [0.15, 0.2) is 0 Å². The molecule has 1 aliphatic rings. The van der Waals surface area contributed by atoms with Crippen molar-refractivity contribution in [1.29, 1.82) is 0 Å². The monoisotopic (exact) mass is 317 g/mol. The number of aryl methyl sites for hydroxylation is 1. The molecule has 1 heterocycles. The molecule has 1 atom stereocenters. The number of hydrogen-bond donors (Lipinski definition) is 1. The Bertz CT molecular complexity index is 539. The molecule has 1 saturated heterocycles. The first-order valence-corrected chi connectivity index (χ1v) is 8.47. The molecule has 0 bridgehead atoms. The maximum Gasteiger partial charge on any atom is 0.305 e. The van der Waals surface area contributed by atoms with Crippen LogP contribution in [-0.4, -0.2) is 34.5 Å². The molecule has 1 aromatic carbocycles. The van der Waals surface area contributed by atoms with Gasteiger partial charge in [0.1, 0.15) is 0 Å². The molecule has 23 heavy (non-hydrogen) atoms. The molecule has 2 rings (SSSR count). The first kappa shape index (κ1) is 17.5. The largest absolute Gasteiger partial charge is 0.481 e. The van der Waals surface area contributed by atoms with Crippen LogP contribution in [0.2, 0.25) is 0 Å². The highest BCUT2D eigenvalue weighted by atomic mass is 16.4. The number of likely N-dealkylation sites (tertiary alicyclic amines) is 1. The van der Waals surface area contributed by atoms with Crippen LogP contribution in [0.5, 0.6) is 0 Å². The van der Waals surface area contributed by atoms with Crippen molar-refractivity contribution >= 4 is 11.9 Å². The lowest BCUT2D eigenvalue weighted by atomic mass is 9.84. The Labute approximate surface area is 138 Å². The first-order valence-electron chi connectivity index (χ1n) is 8.47. The lowest BCUT2D eigenvalue weighted by Crippen LogP contribution is -2.44. The average molecular weight is 317 g/mol. The minimum atomic E-state index is -0.823. The van der Waals surface area contributed by atoms with Crippen molar-refractivity contribution in [3.8, 4) is 0 Å². The highest BCUT2D eigenvalue weighted by Crippen LogP contribution is 2.31. The van der Waals surface area contributed by atoms with Crippen LogP contribution in [0.4, 0.5) is 0 Å². The van der Waals surface area contributed by atoms with Gasteiger partial charge in [-0.05, 0) is 37.7 Å². The molecule has 1 amide bonds. The summed E-state index contributed by atoms with van der Waals surface area (Å²) < 4.78 is 0. The van der Waals surface area contributed by atoms with Crippen LogP contribution in [0.3, 0.4) is 0 Å². The molecule has 1 aromatic rings. The normalized spacial score (nSPS) is 18.2. The van der Waals surface area contributed by atoms with Crippen LogP contribution in [0.1, 0.15) is 51.5 Å². The van der Waals surface area contributed by atoms with Crippen molar-refractivity contribution in [2.24, 2.45) is 5.41 Å². The van der Waals surface area contributed by atoms with E-state index < -0.39 is 11.4 Å². The number of amides is 1. The summed E-state index contributed by atoms with van der Waals surface area (Å²) in [5.41, 5.74) is 0.858. The Hall–Kier alpha value is -1.84. The molecular formula is C19H27NO3. The van der Waals surface area contributed by atoms with Crippen molar-refractivity contribution in [3.05, 3.63) is 35.9 Å². The summed E-state index contributed by atoms with van der Waals surface area (Å²) in [5.74, 6) is -0.717. The van der Waals surface area contributed by atoms with E-state index in [2.05, 4.69) is 12.1 Å². The van der Waals surface area contributed by atoms with Crippen molar-refractivity contribution in [2.75, 3.05) is 6.54 Å². The number of carbonyl (C=O) groups is 2. The van der Waals surface area contributed by atoms with E-state index in [-0.39, 0.29) is 18.4 Å². The molecular weight excluding hydrogens is 290 g/mol. The summed E-state index contributed by atoms with van der Waals surface area (Å²) in [6.07, 6.45) is 4.51. The lowest BCUT2D eigenvalue weighted by Gasteiger charge is -2.33. The quantitative estimate of drug-likeness (QED) is 0.837. The topological polar surface area (TPSA) is 57.6 Å². The van der Waals surface area contributed by atoms with Crippen LogP contribution < -0.4 is 0 Å². The van der Waals surface area contributed by atoms with Crippen LogP contribution in [-0.2, 0) is 16.0 Å². The van der Waals surface area contributed by atoms with Gasteiger partial charge < -0.3 is 10.0 Å². The minimum absolute atomic E-state index is 0.0613. The molecule has 4 nitrogen and oxygen atoms in total. The SMILES string of the molecule is CC(C)(CCCc1ccccc1)C(=O)N1CCCC1CC(=O)O. The Kier molecular flexibility index (Phi) is 5.80. The molecule has 0 spiro atoms. The number of benzene rings is 1. The maximum absolute atomic E-state index is 12.8. The Balaban J connectivity index is 1.90. The molecule has 126 valence electrons. The van der Waals surface area contributed by atoms with Gasteiger partial charge in [0.05, 0.1) is 6.42 Å². The second kappa shape index (κ2) is 7.62. The van der Waals surface area contributed by atoms with Crippen LogP contribution in [0.25, 0.3) is 0 Å². The second-order valence-electron chi connectivity index (χ2n) is 7.12. The van der Waals surface area contributed by atoms with Gasteiger partial charge in [-0.25, -0.2) is 0 Å². The molecule has 1 aliphatic heterocycles. The molecule has 0 radical (unpaired) electrons. The van der Waals surface area contributed by atoms with Crippen molar-refractivity contribution in [3.63, 3.8) is 0 Å². The smallest absolute Gasteiger partial charge is 0.305 e. The summed E-state index contributed by atoms with van der Waals surface area (Å²) >= 11 is 0. The molecule has 0 aromatic heterocycles. The zero-order chi connectivity index (χ0) is 16.9. The van der Waals surface area contributed by atoms with Crippen molar-refractivity contribution in [2.45, 2.75) is 58.4 Å². The number of carboxylic acid groups (broad SMARTS) is 1. The van der Waals surface area contributed by atoms with Gasteiger partial charge in [0.25, 0.3) is 0 Å². The fourth-order valence-corrected chi connectivity index (χ4v) is 3.39. The van der Waals surface area contributed by atoms with E-state index in [1.165, 1.54) is 5.56 Å². The van der Waals surface area contributed by atoms with E-state index in [0.29, 0.717) is 6.54 Å². The van der Waals surface area contributed by atoms with E-state index in [0.717, 1.165) is 32.1 Å².